The molecule has 4 N–H and O–H groups in total. The zero-order valence-corrected chi connectivity index (χ0v) is 16.4. The van der Waals surface area contributed by atoms with Crippen LogP contribution in [0.4, 0.5) is 5.82 Å². The molecule has 1 saturated carbocycles. The number of piperidine rings is 1. The van der Waals surface area contributed by atoms with Gasteiger partial charge in [0.1, 0.15) is 5.82 Å². The minimum atomic E-state index is -0.670. The van der Waals surface area contributed by atoms with E-state index in [0.717, 1.165) is 48.6 Å². The lowest BCUT2D eigenvalue weighted by molar-refractivity contribution is -0.136. The summed E-state index contributed by atoms with van der Waals surface area (Å²) in [7, 11) is 0. The Morgan fingerprint density at radius 1 is 1.21 bits per heavy atom. The Morgan fingerprint density at radius 2 is 2.07 bits per heavy atom. The van der Waals surface area contributed by atoms with Gasteiger partial charge in [0, 0.05) is 30.9 Å². The summed E-state index contributed by atoms with van der Waals surface area (Å²) in [5.74, 6) is 0.182. The molecule has 2 fully saturated rings. The van der Waals surface area contributed by atoms with E-state index in [0.29, 0.717) is 29.8 Å². The molecule has 3 aromatic rings. The molecule has 9 heteroatoms. The Morgan fingerprint density at radius 3 is 2.86 bits per heavy atom. The highest BCUT2D eigenvalue weighted by Gasteiger charge is 2.28. The minimum Gasteiger partial charge on any atom is -0.348 e. The third kappa shape index (κ3) is 3.35. The summed E-state index contributed by atoms with van der Waals surface area (Å²) in [6, 6.07) is 2.13. The largest absolute Gasteiger partial charge is 0.348 e. The Kier molecular flexibility index (Phi) is 4.46. The summed E-state index contributed by atoms with van der Waals surface area (Å²) in [5, 5.41) is 13.9. The fourth-order valence-corrected chi connectivity index (χ4v) is 4.10. The van der Waals surface area contributed by atoms with Crippen molar-refractivity contribution < 1.29 is 9.59 Å². The fraction of sp³-hybridized carbons (Fsp3) is 0.500. The Labute approximate surface area is 167 Å². The molecule has 0 radical (unpaired) electrons. The number of anilines is 1. The number of fused-ring (bicyclic) bond motifs is 3. The van der Waals surface area contributed by atoms with E-state index < -0.39 is 11.8 Å². The standard InChI is InChI=1S/C20H25N7O2/c1-11-4-6-21-10-15(11)27-16-13-5-7-22-17(13)23-9-14(16)18(26-27)25-20(29)19(28)24-8-12-2-3-12/h5,7,9,11-12,15,21,26H,2-4,6,8,10H2,1H3,(H,24,28)(H,25,29)/t11-,15+/m1/s1. The van der Waals surface area contributed by atoms with Gasteiger partial charge in [-0.3, -0.25) is 19.4 Å². The normalized spacial score (nSPS) is 22.1. The van der Waals surface area contributed by atoms with Gasteiger partial charge in [-0.05, 0) is 43.7 Å². The summed E-state index contributed by atoms with van der Waals surface area (Å²) >= 11 is 0. The molecule has 4 heterocycles. The monoisotopic (exact) mass is 395 g/mol. The molecule has 0 spiro atoms. The van der Waals surface area contributed by atoms with Crippen LogP contribution < -0.4 is 16.0 Å². The van der Waals surface area contributed by atoms with Gasteiger partial charge in [-0.15, -0.1) is 0 Å². The molecule has 2 amide bonds. The van der Waals surface area contributed by atoms with Crippen LogP contribution in [0, 0.1) is 11.8 Å². The van der Waals surface area contributed by atoms with Gasteiger partial charge in [0.25, 0.3) is 0 Å². The maximum absolute atomic E-state index is 12.5. The molecule has 3 aromatic heterocycles. The van der Waals surface area contributed by atoms with E-state index in [1.165, 1.54) is 0 Å². The van der Waals surface area contributed by atoms with E-state index in [2.05, 4.69) is 42.6 Å². The van der Waals surface area contributed by atoms with Crippen LogP contribution in [-0.2, 0) is 9.59 Å². The van der Waals surface area contributed by atoms with Gasteiger partial charge in [0.2, 0.25) is 0 Å². The average molecular weight is 395 g/mol. The molecule has 5 rings (SSSR count). The number of aromatic amines is 1. The summed E-state index contributed by atoms with van der Waals surface area (Å²) in [6.07, 6.45) is 6.74. The van der Waals surface area contributed by atoms with Gasteiger partial charge in [0.05, 0.1) is 16.9 Å². The number of carbonyl (C=O) groups is 2. The summed E-state index contributed by atoms with van der Waals surface area (Å²) in [5.41, 5.74) is 1.61. The predicted molar refractivity (Wildman–Crippen MR) is 109 cm³/mol. The first-order valence-electron chi connectivity index (χ1n) is 10.3. The number of rotatable bonds is 4. The summed E-state index contributed by atoms with van der Waals surface area (Å²) in [4.78, 5) is 33.4. The van der Waals surface area contributed by atoms with Gasteiger partial charge in [-0.25, -0.2) is 9.97 Å². The van der Waals surface area contributed by atoms with Crippen molar-refractivity contribution in [1.82, 2.24) is 30.4 Å². The van der Waals surface area contributed by atoms with Crippen molar-refractivity contribution in [1.29, 1.82) is 0 Å². The average Bonchev–Trinajstić information content (AvgIpc) is 3.30. The first-order chi connectivity index (χ1) is 14.1. The van der Waals surface area contributed by atoms with Crippen LogP contribution in [0.5, 0.6) is 0 Å². The molecule has 152 valence electrons. The maximum atomic E-state index is 12.5. The van der Waals surface area contributed by atoms with Crippen molar-refractivity contribution >= 4 is 39.6 Å². The van der Waals surface area contributed by atoms with Crippen LogP contribution in [0.2, 0.25) is 0 Å². The van der Waals surface area contributed by atoms with Crippen molar-refractivity contribution in [3.63, 3.8) is 0 Å². The lowest BCUT2D eigenvalue weighted by atomic mass is 9.95. The number of pyridine rings is 1. The van der Waals surface area contributed by atoms with Crippen molar-refractivity contribution in [2.24, 2.45) is 11.8 Å². The first kappa shape index (κ1) is 18.1. The van der Waals surface area contributed by atoms with Crippen LogP contribution in [-0.4, -0.2) is 51.2 Å². The van der Waals surface area contributed by atoms with Crippen molar-refractivity contribution in [2.75, 3.05) is 25.0 Å². The van der Waals surface area contributed by atoms with Crippen molar-refractivity contribution in [2.45, 2.75) is 32.2 Å². The highest BCUT2D eigenvalue weighted by Crippen LogP contribution is 2.34. The molecule has 2 atom stereocenters. The Hall–Kier alpha value is -2.94. The quantitative estimate of drug-likeness (QED) is 0.500. The topological polar surface area (TPSA) is 117 Å². The van der Waals surface area contributed by atoms with E-state index in [4.69, 9.17) is 0 Å². The second kappa shape index (κ2) is 7.14. The van der Waals surface area contributed by atoms with E-state index in [9.17, 15) is 9.59 Å². The van der Waals surface area contributed by atoms with Gasteiger partial charge < -0.3 is 16.0 Å². The Balaban J connectivity index is 1.51. The van der Waals surface area contributed by atoms with Gasteiger partial charge in [-0.2, -0.15) is 0 Å². The van der Waals surface area contributed by atoms with Crippen LogP contribution in [0.25, 0.3) is 21.9 Å². The molecular weight excluding hydrogens is 370 g/mol. The van der Waals surface area contributed by atoms with Crippen molar-refractivity contribution in [3.8, 4) is 0 Å². The zero-order valence-electron chi connectivity index (χ0n) is 16.4. The molecule has 1 aliphatic carbocycles. The predicted octanol–water partition coefficient (Wildman–Crippen LogP) is 1.55. The maximum Gasteiger partial charge on any atom is 0.314 e. The van der Waals surface area contributed by atoms with Gasteiger partial charge in [0.15, 0.2) is 5.65 Å². The van der Waals surface area contributed by atoms with E-state index >= 15 is 0 Å². The number of carbonyl (C=O) groups excluding carboxylic acids is 2. The summed E-state index contributed by atoms with van der Waals surface area (Å²) in [6.45, 7) is 4.62. The van der Waals surface area contributed by atoms with E-state index in [1.54, 1.807) is 12.4 Å². The highest BCUT2D eigenvalue weighted by molar-refractivity contribution is 6.40. The van der Waals surface area contributed by atoms with Gasteiger partial charge >= 0.3 is 11.8 Å². The Bertz CT molecular complexity index is 1080. The molecule has 1 aliphatic heterocycles. The van der Waals surface area contributed by atoms with Crippen LogP contribution in [0.1, 0.15) is 32.2 Å². The molecule has 0 unspecified atom stereocenters. The second-order valence-electron chi connectivity index (χ2n) is 8.20. The van der Waals surface area contributed by atoms with Crippen LogP contribution >= 0.6 is 0 Å². The lowest BCUT2D eigenvalue weighted by Gasteiger charge is -2.31. The van der Waals surface area contributed by atoms with Gasteiger partial charge in [-0.1, -0.05) is 6.92 Å². The third-order valence-electron chi connectivity index (χ3n) is 6.06. The number of H-pyrrole nitrogens is 1. The minimum absolute atomic E-state index is 0.195. The molecule has 9 nitrogen and oxygen atoms in total. The molecule has 1 saturated heterocycles. The molecule has 0 bridgehead atoms. The van der Waals surface area contributed by atoms with Crippen LogP contribution in [0.3, 0.4) is 0 Å². The zero-order chi connectivity index (χ0) is 20.0. The third-order valence-corrected chi connectivity index (χ3v) is 6.06. The van der Waals surface area contributed by atoms with E-state index in [1.807, 2.05) is 6.07 Å². The molecule has 29 heavy (non-hydrogen) atoms. The van der Waals surface area contributed by atoms with Crippen molar-refractivity contribution in [3.05, 3.63) is 18.5 Å². The number of amides is 2. The van der Waals surface area contributed by atoms with Crippen LogP contribution in [0.15, 0.2) is 18.5 Å². The number of nitrogens with zero attached hydrogens (tertiary/aromatic N) is 3. The number of aromatic nitrogens is 4. The van der Waals surface area contributed by atoms with E-state index in [-0.39, 0.29) is 6.04 Å². The first-order valence-corrected chi connectivity index (χ1v) is 10.3. The molecule has 2 aliphatic rings. The lowest BCUT2D eigenvalue weighted by Crippen LogP contribution is -2.38. The SMILES string of the molecule is C[C@@H]1CCNC[C@@H]1n1[nH]c(NC(=O)C(=O)NCC2CC2)c2cnc3nccc3c21. The molecule has 0 aromatic carbocycles. The fourth-order valence-electron chi connectivity index (χ4n) is 4.10. The second-order valence-corrected chi connectivity index (χ2v) is 8.20. The summed E-state index contributed by atoms with van der Waals surface area (Å²) < 4.78 is 2.09. The molecular formula is C20H25N7O2. The smallest absolute Gasteiger partial charge is 0.314 e. The number of nitrogens with one attached hydrogen (secondary N) is 4. The number of hydrogen-bond acceptors (Lipinski definition) is 5. The highest BCUT2D eigenvalue weighted by atomic mass is 16.2. The number of hydrogen-bond donors (Lipinski definition) is 4.